The van der Waals surface area contributed by atoms with E-state index in [0.29, 0.717) is 5.39 Å². The Kier molecular flexibility index (Phi) is 3.84. The second-order valence-corrected chi connectivity index (χ2v) is 4.14. The fourth-order valence-corrected chi connectivity index (χ4v) is 2.03. The number of rotatable bonds is 3. The molecule has 0 saturated heterocycles. The van der Waals surface area contributed by atoms with Gasteiger partial charge in [0.05, 0.1) is 35.7 Å². The van der Waals surface area contributed by atoms with Gasteiger partial charge >= 0.3 is 11.9 Å². The number of non-ortho nitro benzene ring substituents is 1. The van der Waals surface area contributed by atoms with Crippen LogP contribution in [0.3, 0.4) is 0 Å². The van der Waals surface area contributed by atoms with Gasteiger partial charge in [-0.15, -0.1) is 0 Å². The molecule has 0 unspecified atom stereocenters. The first-order chi connectivity index (χ1) is 9.99. The zero-order chi connectivity index (χ0) is 15.6. The third-order valence-corrected chi connectivity index (χ3v) is 3.00. The molecule has 21 heavy (non-hydrogen) atoms. The third-order valence-electron chi connectivity index (χ3n) is 3.00. The Bertz CT molecular complexity index is 752. The van der Waals surface area contributed by atoms with E-state index in [0.717, 1.165) is 7.11 Å². The molecule has 0 bridgehead atoms. The molecule has 7 heteroatoms. The van der Waals surface area contributed by atoms with Crippen molar-refractivity contribution < 1.29 is 24.0 Å². The van der Waals surface area contributed by atoms with Crippen LogP contribution < -0.4 is 0 Å². The van der Waals surface area contributed by atoms with Gasteiger partial charge in [-0.25, -0.2) is 9.59 Å². The van der Waals surface area contributed by atoms with Crippen LogP contribution in [0.5, 0.6) is 0 Å². The second-order valence-electron chi connectivity index (χ2n) is 4.14. The van der Waals surface area contributed by atoms with Crippen LogP contribution in [0.15, 0.2) is 30.3 Å². The molecule has 0 spiro atoms. The largest absolute Gasteiger partial charge is 0.465 e. The predicted molar refractivity (Wildman–Crippen MR) is 73.3 cm³/mol. The van der Waals surface area contributed by atoms with Crippen LogP contribution in [-0.2, 0) is 9.47 Å². The van der Waals surface area contributed by atoms with Crippen LogP contribution in [-0.4, -0.2) is 31.1 Å². The molecule has 0 aliphatic heterocycles. The molecule has 0 aliphatic rings. The van der Waals surface area contributed by atoms with E-state index in [1.807, 2.05) is 0 Å². The molecule has 2 rings (SSSR count). The topological polar surface area (TPSA) is 95.7 Å². The van der Waals surface area contributed by atoms with Crippen molar-refractivity contribution in [3.63, 3.8) is 0 Å². The summed E-state index contributed by atoms with van der Waals surface area (Å²) in [6.45, 7) is 0. The van der Waals surface area contributed by atoms with Gasteiger partial charge in [-0.2, -0.15) is 0 Å². The van der Waals surface area contributed by atoms with Crippen molar-refractivity contribution >= 4 is 28.4 Å². The molecular weight excluding hydrogens is 278 g/mol. The Hall–Kier alpha value is -2.96. The zero-order valence-corrected chi connectivity index (χ0v) is 11.3. The summed E-state index contributed by atoms with van der Waals surface area (Å²) >= 11 is 0. The standard InChI is InChI=1S/C14H11NO6/c1-20-13(16)10-6-8-4-3-5-12(15(18)19)9(8)7-11(10)14(17)21-2/h3-7H,1-2H3. The van der Waals surface area contributed by atoms with Crippen molar-refractivity contribution in [1.82, 2.24) is 0 Å². The van der Waals surface area contributed by atoms with E-state index in [-0.39, 0.29) is 22.2 Å². The minimum atomic E-state index is -0.768. The molecule has 0 saturated carbocycles. The molecule has 2 aromatic carbocycles. The fraction of sp³-hybridized carbons (Fsp3) is 0.143. The maximum atomic E-state index is 11.8. The summed E-state index contributed by atoms with van der Waals surface area (Å²) in [5.74, 6) is -1.49. The second kappa shape index (κ2) is 5.58. The first-order valence-corrected chi connectivity index (χ1v) is 5.87. The van der Waals surface area contributed by atoms with Gasteiger partial charge in [0, 0.05) is 6.07 Å². The van der Waals surface area contributed by atoms with E-state index >= 15 is 0 Å². The summed E-state index contributed by atoms with van der Waals surface area (Å²) in [5, 5.41) is 11.7. The van der Waals surface area contributed by atoms with Crippen molar-refractivity contribution in [2.45, 2.75) is 0 Å². The number of ether oxygens (including phenoxy) is 2. The number of nitro groups is 1. The van der Waals surface area contributed by atoms with E-state index in [1.165, 1.54) is 31.4 Å². The average Bonchev–Trinajstić information content (AvgIpc) is 2.51. The van der Waals surface area contributed by atoms with Crippen LogP contribution in [0.25, 0.3) is 10.8 Å². The maximum Gasteiger partial charge on any atom is 0.338 e. The van der Waals surface area contributed by atoms with Gasteiger partial charge in [0.15, 0.2) is 0 Å². The fourth-order valence-electron chi connectivity index (χ4n) is 2.03. The van der Waals surface area contributed by atoms with E-state index in [2.05, 4.69) is 9.47 Å². The number of nitrogens with zero attached hydrogens (tertiary/aromatic N) is 1. The van der Waals surface area contributed by atoms with Gasteiger partial charge in [0.2, 0.25) is 0 Å². The van der Waals surface area contributed by atoms with Gasteiger partial charge in [-0.1, -0.05) is 12.1 Å². The van der Waals surface area contributed by atoms with Gasteiger partial charge in [0.25, 0.3) is 5.69 Å². The summed E-state index contributed by atoms with van der Waals surface area (Å²) in [7, 11) is 2.34. The first kappa shape index (κ1) is 14.4. The highest BCUT2D eigenvalue weighted by atomic mass is 16.6. The van der Waals surface area contributed by atoms with E-state index < -0.39 is 16.9 Å². The van der Waals surface area contributed by atoms with Crippen molar-refractivity contribution in [2.24, 2.45) is 0 Å². The lowest BCUT2D eigenvalue weighted by Gasteiger charge is -2.08. The minimum Gasteiger partial charge on any atom is -0.465 e. The molecule has 7 nitrogen and oxygen atoms in total. The number of carbonyl (C=O) groups is 2. The SMILES string of the molecule is COC(=O)c1cc2cccc([N+](=O)[O-])c2cc1C(=O)OC. The average molecular weight is 289 g/mol. The van der Waals surface area contributed by atoms with Crippen LogP contribution in [0, 0.1) is 10.1 Å². The molecule has 0 N–H and O–H groups in total. The maximum absolute atomic E-state index is 11.8. The molecule has 108 valence electrons. The number of esters is 2. The number of benzene rings is 2. The number of methoxy groups -OCH3 is 2. The van der Waals surface area contributed by atoms with E-state index in [1.54, 1.807) is 6.07 Å². The monoisotopic (exact) mass is 289 g/mol. The van der Waals surface area contributed by atoms with Crippen molar-refractivity contribution in [1.29, 1.82) is 0 Å². The third kappa shape index (κ3) is 2.53. The first-order valence-electron chi connectivity index (χ1n) is 5.87. The summed E-state index contributed by atoms with van der Waals surface area (Å²) < 4.78 is 9.22. The number of fused-ring (bicyclic) bond motifs is 1. The van der Waals surface area contributed by atoms with Gasteiger partial charge in [-0.3, -0.25) is 10.1 Å². The molecule has 0 aliphatic carbocycles. The Labute approximate surface area is 119 Å². The Balaban J connectivity index is 2.83. The molecule has 0 fully saturated rings. The Morgan fingerprint density at radius 3 is 2.14 bits per heavy atom. The molecule has 0 atom stereocenters. The van der Waals surface area contributed by atoms with Crippen LogP contribution in [0.4, 0.5) is 5.69 Å². The Morgan fingerprint density at radius 1 is 1.05 bits per heavy atom. The molecule has 0 aromatic heterocycles. The smallest absolute Gasteiger partial charge is 0.338 e. The molecule has 2 aromatic rings. The molecular formula is C14H11NO6. The van der Waals surface area contributed by atoms with E-state index in [4.69, 9.17) is 0 Å². The van der Waals surface area contributed by atoms with Crippen LogP contribution in [0.1, 0.15) is 20.7 Å². The van der Waals surface area contributed by atoms with Crippen molar-refractivity contribution in [3.05, 3.63) is 51.6 Å². The number of carbonyl (C=O) groups excluding carboxylic acids is 2. The van der Waals surface area contributed by atoms with Gasteiger partial charge in [0.1, 0.15) is 0 Å². The molecule has 0 heterocycles. The van der Waals surface area contributed by atoms with Gasteiger partial charge in [-0.05, 0) is 17.5 Å². The minimum absolute atomic E-state index is 0.00246. The number of hydrogen-bond donors (Lipinski definition) is 0. The zero-order valence-electron chi connectivity index (χ0n) is 11.3. The highest BCUT2D eigenvalue weighted by Crippen LogP contribution is 2.29. The lowest BCUT2D eigenvalue weighted by molar-refractivity contribution is -0.383. The summed E-state index contributed by atoms with van der Waals surface area (Å²) in [6.07, 6.45) is 0. The highest BCUT2D eigenvalue weighted by molar-refractivity contribution is 6.08. The molecule has 0 radical (unpaired) electrons. The normalized spacial score (nSPS) is 10.2. The van der Waals surface area contributed by atoms with Crippen molar-refractivity contribution in [3.8, 4) is 0 Å². The van der Waals surface area contributed by atoms with Crippen LogP contribution >= 0.6 is 0 Å². The highest BCUT2D eigenvalue weighted by Gasteiger charge is 2.22. The lowest BCUT2D eigenvalue weighted by Crippen LogP contribution is -2.12. The number of nitro benzene ring substituents is 1. The van der Waals surface area contributed by atoms with E-state index in [9.17, 15) is 19.7 Å². The summed E-state index contributed by atoms with van der Waals surface area (Å²) in [5.41, 5.74) is -0.238. The van der Waals surface area contributed by atoms with Crippen molar-refractivity contribution in [2.75, 3.05) is 14.2 Å². The van der Waals surface area contributed by atoms with Crippen LogP contribution in [0.2, 0.25) is 0 Å². The summed E-state index contributed by atoms with van der Waals surface area (Å²) in [6, 6.07) is 7.07. The quantitative estimate of drug-likeness (QED) is 0.489. The summed E-state index contributed by atoms with van der Waals surface area (Å²) in [4.78, 5) is 34.0. The molecule has 0 amide bonds. The van der Waals surface area contributed by atoms with Gasteiger partial charge < -0.3 is 9.47 Å². The number of hydrogen-bond acceptors (Lipinski definition) is 6. The Morgan fingerprint density at radius 2 is 1.62 bits per heavy atom. The lowest BCUT2D eigenvalue weighted by atomic mass is 9.99. The predicted octanol–water partition coefficient (Wildman–Crippen LogP) is 2.32.